The van der Waals surface area contributed by atoms with E-state index in [1.165, 1.54) is 16.0 Å². The highest BCUT2D eigenvalue weighted by atomic mass is 79.9. The maximum atomic E-state index is 12.0. The molecule has 2 aromatic rings. The molecule has 0 aliphatic heterocycles. The smallest absolute Gasteiger partial charge is 0.317 e. The zero-order valence-electron chi connectivity index (χ0n) is 12.2. The molecule has 0 aliphatic rings. The fourth-order valence-corrected chi connectivity index (χ4v) is 3.60. The highest BCUT2D eigenvalue weighted by Gasteiger charge is 2.09. The second-order valence-electron chi connectivity index (χ2n) is 5.03. The lowest BCUT2D eigenvalue weighted by Crippen LogP contribution is -2.37. The largest absolute Gasteiger partial charge is 0.338 e. The van der Waals surface area contributed by atoms with Gasteiger partial charge in [0.25, 0.3) is 0 Å². The van der Waals surface area contributed by atoms with Crippen LogP contribution in [0.2, 0.25) is 0 Å². The predicted molar refractivity (Wildman–Crippen MR) is 91.8 cm³/mol. The van der Waals surface area contributed by atoms with Gasteiger partial charge in [0.1, 0.15) is 0 Å². The number of thiophene rings is 1. The second-order valence-corrected chi connectivity index (χ2v) is 7.58. The van der Waals surface area contributed by atoms with Crippen molar-refractivity contribution in [3.63, 3.8) is 0 Å². The molecule has 1 N–H and O–H groups in total. The highest BCUT2D eigenvalue weighted by molar-refractivity contribution is 9.11. The Kier molecular flexibility index (Phi) is 5.82. The number of nitrogens with zero attached hydrogens (tertiary/aromatic N) is 1. The number of nitrogens with one attached hydrogen (secondary N) is 1. The van der Waals surface area contributed by atoms with Gasteiger partial charge in [-0.15, -0.1) is 11.3 Å². The quantitative estimate of drug-likeness (QED) is 0.844. The molecule has 5 heteroatoms. The fourth-order valence-electron chi connectivity index (χ4n) is 2.06. The zero-order chi connectivity index (χ0) is 15.2. The molecule has 0 saturated heterocycles. The molecule has 0 saturated carbocycles. The van der Waals surface area contributed by atoms with E-state index in [9.17, 15) is 4.79 Å². The van der Waals surface area contributed by atoms with E-state index in [2.05, 4.69) is 46.4 Å². The van der Waals surface area contributed by atoms with Gasteiger partial charge in [0.05, 0.1) is 10.3 Å². The molecule has 0 unspecified atom stereocenters. The van der Waals surface area contributed by atoms with Crippen LogP contribution in [0, 0.1) is 6.92 Å². The summed E-state index contributed by atoms with van der Waals surface area (Å²) >= 11 is 5.08. The number of carbonyl (C=O) groups excluding carboxylic acids is 1. The van der Waals surface area contributed by atoms with Gasteiger partial charge in [0.2, 0.25) is 0 Å². The van der Waals surface area contributed by atoms with Crippen LogP contribution in [-0.4, -0.2) is 24.5 Å². The molecule has 112 valence electrons. The van der Waals surface area contributed by atoms with Crippen molar-refractivity contribution in [1.82, 2.24) is 10.2 Å². The van der Waals surface area contributed by atoms with Crippen molar-refractivity contribution in [2.75, 3.05) is 13.6 Å². The van der Waals surface area contributed by atoms with Crippen LogP contribution >= 0.6 is 27.3 Å². The number of carbonyl (C=O) groups is 1. The minimum Gasteiger partial charge on any atom is -0.338 e. The number of urea groups is 1. The molecule has 0 spiro atoms. The zero-order valence-corrected chi connectivity index (χ0v) is 14.6. The third-order valence-electron chi connectivity index (χ3n) is 3.14. The Morgan fingerprint density at radius 2 is 2.14 bits per heavy atom. The monoisotopic (exact) mass is 366 g/mol. The van der Waals surface area contributed by atoms with Crippen LogP contribution < -0.4 is 5.32 Å². The molecular weight excluding hydrogens is 348 g/mol. The van der Waals surface area contributed by atoms with Gasteiger partial charge in [-0.05, 0) is 47.0 Å². The summed E-state index contributed by atoms with van der Waals surface area (Å²) in [6.45, 7) is 3.36. The number of halogens is 1. The van der Waals surface area contributed by atoms with E-state index in [0.717, 1.165) is 10.2 Å². The molecule has 0 aliphatic carbocycles. The third kappa shape index (κ3) is 5.17. The number of benzene rings is 1. The summed E-state index contributed by atoms with van der Waals surface area (Å²) in [4.78, 5) is 14.9. The summed E-state index contributed by atoms with van der Waals surface area (Å²) in [5, 5.41) is 2.96. The van der Waals surface area contributed by atoms with Crippen molar-refractivity contribution in [2.45, 2.75) is 19.9 Å². The molecular formula is C16H19BrN2OS. The summed E-state index contributed by atoms with van der Waals surface area (Å²) in [6.07, 6.45) is 0.853. The summed E-state index contributed by atoms with van der Waals surface area (Å²) < 4.78 is 1.09. The highest BCUT2D eigenvalue weighted by Crippen LogP contribution is 2.22. The lowest BCUT2D eigenvalue weighted by molar-refractivity contribution is 0.207. The van der Waals surface area contributed by atoms with Crippen molar-refractivity contribution in [2.24, 2.45) is 0 Å². The summed E-state index contributed by atoms with van der Waals surface area (Å²) in [7, 11) is 1.82. The van der Waals surface area contributed by atoms with Gasteiger partial charge in [-0.25, -0.2) is 4.79 Å². The van der Waals surface area contributed by atoms with E-state index in [1.54, 1.807) is 16.2 Å². The van der Waals surface area contributed by atoms with E-state index in [4.69, 9.17) is 0 Å². The minimum atomic E-state index is -0.0350. The van der Waals surface area contributed by atoms with Gasteiger partial charge in [-0.1, -0.05) is 29.8 Å². The molecule has 1 aromatic carbocycles. The lowest BCUT2D eigenvalue weighted by Gasteiger charge is -2.17. The van der Waals surface area contributed by atoms with Crippen LogP contribution in [0.1, 0.15) is 16.0 Å². The number of rotatable bonds is 5. The second kappa shape index (κ2) is 7.61. The molecule has 0 atom stereocenters. The normalized spacial score (nSPS) is 10.4. The van der Waals surface area contributed by atoms with Gasteiger partial charge < -0.3 is 10.2 Å². The van der Waals surface area contributed by atoms with E-state index in [-0.39, 0.29) is 6.03 Å². The standard InChI is InChI=1S/C16H19BrN2OS/c1-12-4-3-5-13(10-12)8-9-18-16(20)19(2)11-14-6-7-15(17)21-14/h3-7,10H,8-9,11H2,1-2H3,(H,18,20). The van der Waals surface area contributed by atoms with E-state index >= 15 is 0 Å². The van der Waals surface area contributed by atoms with Crippen molar-refractivity contribution in [1.29, 1.82) is 0 Å². The summed E-state index contributed by atoms with van der Waals surface area (Å²) in [5.74, 6) is 0. The topological polar surface area (TPSA) is 32.3 Å². The number of aryl methyl sites for hydroxylation is 1. The first-order valence-electron chi connectivity index (χ1n) is 6.83. The molecule has 2 amide bonds. The Labute approximate surface area is 138 Å². The van der Waals surface area contributed by atoms with E-state index < -0.39 is 0 Å². The Morgan fingerprint density at radius 3 is 2.81 bits per heavy atom. The van der Waals surface area contributed by atoms with E-state index in [1.807, 2.05) is 25.2 Å². The lowest BCUT2D eigenvalue weighted by atomic mass is 10.1. The summed E-state index contributed by atoms with van der Waals surface area (Å²) in [5.41, 5.74) is 2.50. The Morgan fingerprint density at radius 1 is 1.33 bits per heavy atom. The van der Waals surface area contributed by atoms with Crippen LogP contribution in [-0.2, 0) is 13.0 Å². The predicted octanol–water partition coefficient (Wildman–Crippen LogP) is 4.20. The van der Waals surface area contributed by atoms with Crippen molar-refractivity contribution in [3.05, 3.63) is 56.2 Å². The Hall–Kier alpha value is -1.33. The number of hydrogen-bond acceptors (Lipinski definition) is 2. The molecule has 0 radical (unpaired) electrons. The Bertz CT molecular complexity index is 612. The molecule has 2 rings (SSSR count). The van der Waals surface area contributed by atoms with Gasteiger partial charge >= 0.3 is 6.03 Å². The number of hydrogen-bond donors (Lipinski definition) is 1. The fraction of sp³-hybridized carbons (Fsp3) is 0.312. The van der Waals surface area contributed by atoms with Gasteiger partial charge in [0, 0.05) is 18.5 Å². The van der Waals surface area contributed by atoms with Crippen molar-refractivity contribution >= 4 is 33.3 Å². The molecule has 21 heavy (non-hydrogen) atoms. The van der Waals surface area contributed by atoms with Crippen LogP contribution in [0.15, 0.2) is 40.2 Å². The summed E-state index contributed by atoms with van der Waals surface area (Å²) in [6, 6.07) is 12.4. The van der Waals surface area contributed by atoms with Crippen LogP contribution in [0.25, 0.3) is 0 Å². The minimum absolute atomic E-state index is 0.0350. The van der Waals surface area contributed by atoms with Crippen LogP contribution in [0.4, 0.5) is 4.79 Å². The molecule has 1 heterocycles. The Balaban J connectivity index is 1.76. The molecule has 0 fully saturated rings. The maximum absolute atomic E-state index is 12.0. The third-order valence-corrected chi connectivity index (χ3v) is 4.75. The van der Waals surface area contributed by atoms with Gasteiger partial charge in [-0.2, -0.15) is 0 Å². The van der Waals surface area contributed by atoms with Crippen molar-refractivity contribution in [3.8, 4) is 0 Å². The SMILES string of the molecule is Cc1cccc(CCNC(=O)N(C)Cc2ccc(Br)s2)c1. The van der Waals surface area contributed by atoms with Crippen molar-refractivity contribution < 1.29 is 4.79 Å². The average Bonchev–Trinajstić information content (AvgIpc) is 2.84. The molecule has 3 nitrogen and oxygen atoms in total. The van der Waals surface area contributed by atoms with Crippen LogP contribution in [0.5, 0.6) is 0 Å². The molecule has 1 aromatic heterocycles. The van der Waals surface area contributed by atoms with Crippen LogP contribution in [0.3, 0.4) is 0 Å². The van der Waals surface area contributed by atoms with Gasteiger partial charge in [-0.3, -0.25) is 0 Å². The maximum Gasteiger partial charge on any atom is 0.317 e. The van der Waals surface area contributed by atoms with Gasteiger partial charge in [0.15, 0.2) is 0 Å². The van der Waals surface area contributed by atoms with E-state index in [0.29, 0.717) is 13.1 Å². The average molecular weight is 367 g/mol. The first-order valence-corrected chi connectivity index (χ1v) is 8.44. The molecule has 0 bridgehead atoms. The first-order chi connectivity index (χ1) is 10.0. The first kappa shape index (κ1) is 16.0. The number of amides is 2.